The Morgan fingerprint density at radius 1 is 1.35 bits per heavy atom. The monoisotopic (exact) mass is 378 g/mol. The molecule has 3 rings (SSSR count). The summed E-state index contributed by atoms with van der Waals surface area (Å²) in [5.41, 5.74) is 0.516. The Balaban J connectivity index is 1.68. The van der Waals surface area contributed by atoms with Crippen molar-refractivity contribution < 1.29 is 17.6 Å². The third-order valence-corrected chi connectivity index (χ3v) is 6.09. The number of hydrogen-bond donors (Lipinski definition) is 1. The molecule has 0 aliphatic carbocycles. The minimum absolute atomic E-state index is 0.0432. The van der Waals surface area contributed by atoms with E-state index in [1.54, 1.807) is 30.1 Å². The van der Waals surface area contributed by atoms with Crippen molar-refractivity contribution in [3.05, 3.63) is 53.6 Å². The lowest BCUT2D eigenvalue weighted by molar-refractivity contribution is 0.0945. The summed E-state index contributed by atoms with van der Waals surface area (Å²) >= 11 is 0. The Bertz CT molecular complexity index is 920. The van der Waals surface area contributed by atoms with E-state index in [1.165, 1.54) is 18.3 Å². The second kappa shape index (κ2) is 7.36. The van der Waals surface area contributed by atoms with Crippen LogP contribution in [0, 0.1) is 5.82 Å². The van der Waals surface area contributed by atoms with E-state index in [2.05, 4.69) is 15.3 Å². The van der Waals surface area contributed by atoms with Crippen molar-refractivity contribution in [1.82, 2.24) is 15.3 Å². The van der Waals surface area contributed by atoms with E-state index in [-0.39, 0.29) is 35.7 Å². The molecule has 2 heterocycles. The van der Waals surface area contributed by atoms with Crippen LogP contribution in [-0.2, 0) is 16.4 Å². The van der Waals surface area contributed by atoms with Crippen LogP contribution in [0.3, 0.4) is 0 Å². The molecule has 0 saturated carbocycles. The van der Waals surface area contributed by atoms with Crippen LogP contribution in [0.15, 0.2) is 36.5 Å². The number of rotatable bonds is 5. The molecule has 1 atom stereocenters. The standard InChI is InChI=1S/C17H19FN4O3S/c1-22(13-7-9-26(24,25)11-13)17-19-8-6-15(21-17)16(23)20-10-12-4-2-3-5-14(12)18/h2-6,8,13H,7,9-11H2,1H3,(H,20,23). The zero-order chi connectivity index (χ0) is 18.7. The molecule has 0 bridgehead atoms. The van der Waals surface area contributed by atoms with E-state index < -0.39 is 21.6 Å². The smallest absolute Gasteiger partial charge is 0.270 e. The maximum Gasteiger partial charge on any atom is 0.270 e. The quantitative estimate of drug-likeness (QED) is 0.840. The first-order chi connectivity index (χ1) is 12.4. The molecule has 1 N–H and O–H groups in total. The Morgan fingerprint density at radius 2 is 2.12 bits per heavy atom. The summed E-state index contributed by atoms with van der Waals surface area (Å²) in [4.78, 5) is 22.3. The van der Waals surface area contributed by atoms with Gasteiger partial charge in [0.25, 0.3) is 5.91 Å². The summed E-state index contributed by atoms with van der Waals surface area (Å²) < 4.78 is 36.9. The number of hydrogen-bond acceptors (Lipinski definition) is 6. The number of benzene rings is 1. The molecule has 1 aliphatic heterocycles. The molecule has 1 saturated heterocycles. The van der Waals surface area contributed by atoms with Crippen molar-refractivity contribution in [2.75, 3.05) is 23.5 Å². The van der Waals surface area contributed by atoms with Crippen LogP contribution in [0.4, 0.5) is 10.3 Å². The number of aromatic nitrogens is 2. The topological polar surface area (TPSA) is 92.3 Å². The minimum atomic E-state index is -3.03. The highest BCUT2D eigenvalue weighted by Gasteiger charge is 2.31. The molecule has 26 heavy (non-hydrogen) atoms. The Morgan fingerprint density at radius 3 is 2.81 bits per heavy atom. The number of nitrogens with one attached hydrogen (secondary N) is 1. The summed E-state index contributed by atoms with van der Waals surface area (Å²) in [7, 11) is -1.32. The molecule has 9 heteroatoms. The Kier molecular flexibility index (Phi) is 5.17. The SMILES string of the molecule is CN(c1nccc(C(=O)NCc2ccccc2F)n1)C1CCS(=O)(=O)C1. The number of halogens is 1. The van der Waals surface area contributed by atoms with Gasteiger partial charge in [0, 0.05) is 31.4 Å². The van der Waals surface area contributed by atoms with Crippen LogP contribution >= 0.6 is 0 Å². The van der Waals surface area contributed by atoms with Gasteiger partial charge in [0.05, 0.1) is 11.5 Å². The molecule has 0 spiro atoms. The maximum absolute atomic E-state index is 13.6. The number of carbonyl (C=O) groups excluding carboxylic acids is 1. The van der Waals surface area contributed by atoms with E-state index in [9.17, 15) is 17.6 Å². The summed E-state index contributed by atoms with van der Waals surface area (Å²) in [6.45, 7) is 0.0432. The normalized spacial score (nSPS) is 18.5. The van der Waals surface area contributed by atoms with Gasteiger partial charge in [-0.15, -0.1) is 0 Å². The average molecular weight is 378 g/mol. The molecular weight excluding hydrogens is 359 g/mol. The van der Waals surface area contributed by atoms with Crippen LogP contribution in [0.2, 0.25) is 0 Å². The summed E-state index contributed by atoms with van der Waals surface area (Å²) in [6, 6.07) is 7.44. The lowest BCUT2D eigenvalue weighted by Crippen LogP contribution is -2.34. The highest BCUT2D eigenvalue weighted by Crippen LogP contribution is 2.20. The van der Waals surface area contributed by atoms with E-state index >= 15 is 0 Å². The lowest BCUT2D eigenvalue weighted by atomic mass is 10.2. The highest BCUT2D eigenvalue weighted by molar-refractivity contribution is 7.91. The summed E-state index contributed by atoms with van der Waals surface area (Å²) in [6.07, 6.45) is 1.95. The van der Waals surface area contributed by atoms with Crippen molar-refractivity contribution >= 4 is 21.7 Å². The lowest BCUT2D eigenvalue weighted by Gasteiger charge is -2.23. The van der Waals surface area contributed by atoms with Crippen LogP contribution < -0.4 is 10.2 Å². The second-order valence-electron chi connectivity index (χ2n) is 6.18. The van der Waals surface area contributed by atoms with Gasteiger partial charge in [-0.1, -0.05) is 18.2 Å². The largest absolute Gasteiger partial charge is 0.347 e. The first kappa shape index (κ1) is 18.2. The molecular formula is C17H19FN4O3S. The zero-order valence-corrected chi connectivity index (χ0v) is 15.0. The molecule has 1 unspecified atom stereocenters. The molecule has 1 aromatic heterocycles. The van der Waals surface area contributed by atoms with Gasteiger partial charge in [-0.05, 0) is 18.6 Å². The second-order valence-corrected chi connectivity index (χ2v) is 8.41. The van der Waals surface area contributed by atoms with Gasteiger partial charge < -0.3 is 10.2 Å². The number of anilines is 1. The van der Waals surface area contributed by atoms with Gasteiger partial charge in [0.2, 0.25) is 5.95 Å². The molecule has 1 aliphatic rings. The molecule has 0 radical (unpaired) electrons. The highest BCUT2D eigenvalue weighted by atomic mass is 32.2. The van der Waals surface area contributed by atoms with Crippen LogP contribution in [0.25, 0.3) is 0 Å². The predicted octanol–water partition coefficient (Wildman–Crippen LogP) is 1.17. The van der Waals surface area contributed by atoms with Crippen LogP contribution in [0.5, 0.6) is 0 Å². The van der Waals surface area contributed by atoms with E-state index in [1.807, 2.05) is 0 Å². The fourth-order valence-corrected chi connectivity index (χ4v) is 4.57. The molecule has 138 valence electrons. The summed E-state index contributed by atoms with van der Waals surface area (Å²) in [5.74, 6) is -0.366. The van der Waals surface area contributed by atoms with Crippen molar-refractivity contribution in [2.45, 2.75) is 19.0 Å². The molecule has 1 aromatic carbocycles. The van der Waals surface area contributed by atoms with Gasteiger partial charge in [0.15, 0.2) is 9.84 Å². The third-order valence-electron chi connectivity index (χ3n) is 4.34. The predicted molar refractivity (Wildman–Crippen MR) is 95.1 cm³/mol. The molecule has 1 fully saturated rings. The van der Waals surface area contributed by atoms with Crippen molar-refractivity contribution in [1.29, 1.82) is 0 Å². The Hall–Kier alpha value is -2.55. The van der Waals surface area contributed by atoms with Crippen molar-refractivity contribution in [3.63, 3.8) is 0 Å². The van der Waals surface area contributed by atoms with Gasteiger partial charge in [-0.25, -0.2) is 22.8 Å². The zero-order valence-electron chi connectivity index (χ0n) is 14.2. The molecule has 1 amide bonds. The van der Waals surface area contributed by atoms with Crippen LogP contribution in [-0.4, -0.2) is 48.9 Å². The number of carbonyl (C=O) groups is 1. The first-order valence-corrected chi connectivity index (χ1v) is 9.96. The van der Waals surface area contributed by atoms with Crippen molar-refractivity contribution in [2.24, 2.45) is 0 Å². The van der Waals surface area contributed by atoms with Gasteiger partial charge in [0.1, 0.15) is 11.5 Å². The van der Waals surface area contributed by atoms with Gasteiger partial charge in [-0.2, -0.15) is 0 Å². The Labute approximate surface area is 151 Å². The molecule has 2 aromatic rings. The number of nitrogens with zero attached hydrogens (tertiary/aromatic N) is 3. The fraction of sp³-hybridized carbons (Fsp3) is 0.353. The van der Waals surface area contributed by atoms with E-state index in [4.69, 9.17) is 0 Å². The number of sulfone groups is 1. The van der Waals surface area contributed by atoms with Crippen molar-refractivity contribution in [3.8, 4) is 0 Å². The average Bonchev–Trinajstić information content (AvgIpc) is 3.00. The van der Waals surface area contributed by atoms with Gasteiger partial charge >= 0.3 is 0 Å². The van der Waals surface area contributed by atoms with E-state index in [0.29, 0.717) is 12.0 Å². The number of amides is 1. The fourth-order valence-electron chi connectivity index (χ4n) is 2.80. The van der Waals surface area contributed by atoms with Crippen LogP contribution in [0.1, 0.15) is 22.5 Å². The maximum atomic E-state index is 13.6. The summed E-state index contributed by atoms with van der Waals surface area (Å²) in [5, 5.41) is 2.62. The van der Waals surface area contributed by atoms with E-state index in [0.717, 1.165) is 0 Å². The minimum Gasteiger partial charge on any atom is -0.347 e. The third kappa shape index (κ3) is 4.16. The molecule has 7 nitrogen and oxygen atoms in total. The first-order valence-electron chi connectivity index (χ1n) is 8.13. The van der Waals surface area contributed by atoms with Gasteiger partial charge in [-0.3, -0.25) is 4.79 Å².